The highest BCUT2D eigenvalue weighted by atomic mass is 16.4. The summed E-state index contributed by atoms with van der Waals surface area (Å²) in [4.78, 5) is 20.9. The molecule has 1 atom stereocenters. The molecule has 1 aliphatic rings. The molecule has 0 aromatic rings. The summed E-state index contributed by atoms with van der Waals surface area (Å²) in [6, 6.07) is 0. The molecule has 0 aromatic heterocycles. The Morgan fingerprint density at radius 1 is 1.58 bits per heavy atom. The number of hydrogen-bond donors (Lipinski definition) is 3. The van der Waals surface area contributed by atoms with E-state index in [4.69, 9.17) is 10.2 Å². The van der Waals surface area contributed by atoms with Crippen LogP contribution in [0.3, 0.4) is 0 Å². The van der Waals surface area contributed by atoms with E-state index in [-0.39, 0.29) is 12.1 Å². The molecule has 1 unspecified atom stereocenters. The molecule has 0 saturated heterocycles. The molecule has 1 rings (SSSR count). The van der Waals surface area contributed by atoms with Crippen LogP contribution in [0, 0.1) is 0 Å². The molecule has 0 bridgehead atoms. The quantitative estimate of drug-likeness (QED) is 0.509. The van der Waals surface area contributed by atoms with Gasteiger partial charge in [-0.25, -0.2) is 9.59 Å². The maximum absolute atomic E-state index is 10.6. The molecule has 1 aliphatic heterocycles. The van der Waals surface area contributed by atoms with Crippen LogP contribution in [0.2, 0.25) is 0 Å². The van der Waals surface area contributed by atoms with Crippen LogP contribution in [0.1, 0.15) is 13.3 Å². The lowest BCUT2D eigenvalue weighted by Gasteiger charge is -2.16. The Balaban J connectivity index is 2.75. The highest BCUT2D eigenvalue weighted by Gasteiger charge is 2.40. The SMILES string of the molecule is CC1(C(=O)O)CC(C(=O)O)=NN1. The smallest absolute Gasteiger partial charge is 0.352 e. The molecule has 1 heterocycles. The molecule has 0 amide bonds. The van der Waals surface area contributed by atoms with Gasteiger partial charge in [0.05, 0.1) is 0 Å². The van der Waals surface area contributed by atoms with Gasteiger partial charge in [0.15, 0.2) is 5.54 Å². The Labute approximate surface area is 67.9 Å². The third-order valence-corrected chi connectivity index (χ3v) is 1.68. The van der Waals surface area contributed by atoms with Crippen molar-refractivity contribution in [3.63, 3.8) is 0 Å². The van der Waals surface area contributed by atoms with Gasteiger partial charge >= 0.3 is 11.9 Å². The second-order valence-corrected chi connectivity index (χ2v) is 2.79. The van der Waals surface area contributed by atoms with Crippen LogP contribution >= 0.6 is 0 Å². The predicted octanol–water partition coefficient (Wildman–Crippen LogP) is -0.736. The minimum Gasteiger partial charge on any atom is -0.479 e. The van der Waals surface area contributed by atoms with E-state index >= 15 is 0 Å². The molecule has 0 aromatic carbocycles. The Morgan fingerprint density at radius 2 is 2.17 bits per heavy atom. The van der Waals surface area contributed by atoms with Gasteiger partial charge < -0.3 is 10.2 Å². The molecule has 0 radical (unpaired) electrons. The molecule has 0 spiro atoms. The molecule has 66 valence electrons. The minimum absolute atomic E-state index is 0.0995. The summed E-state index contributed by atoms with van der Waals surface area (Å²) in [7, 11) is 0. The largest absolute Gasteiger partial charge is 0.479 e. The van der Waals surface area contributed by atoms with E-state index in [1.54, 1.807) is 0 Å². The summed E-state index contributed by atoms with van der Waals surface area (Å²) in [5, 5.41) is 20.5. The molecule has 6 nitrogen and oxygen atoms in total. The minimum atomic E-state index is -1.27. The number of aliphatic carboxylic acids is 2. The molecule has 0 fully saturated rings. The number of carboxylic acids is 2. The average Bonchev–Trinajstić information content (AvgIpc) is 2.33. The van der Waals surface area contributed by atoms with Crippen LogP contribution in [0.4, 0.5) is 0 Å². The van der Waals surface area contributed by atoms with Gasteiger partial charge in [0.2, 0.25) is 0 Å². The number of nitrogens with zero attached hydrogens (tertiary/aromatic N) is 1. The number of carbonyl (C=O) groups is 2. The molecule has 6 heteroatoms. The van der Waals surface area contributed by atoms with Crippen molar-refractivity contribution >= 4 is 17.7 Å². The van der Waals surface area contributed by atoms with Gasteiger partial charge in [-0.1, -0.05) is 0 Å². The fraction of sp³-hybridized carbons (Fsp3) is 0.500. The first kappa shape index (κ1) is 8.51. The lowest BCUT2D eigenvalue weighted by Crippen LogP contribution is -2.44. The summed E-state index contributed by atoms with van der Waals surface area (Å²) in [6.45, 7) is 1.38. The summed E-state index contributed by atoms with van der Waals surface area (Å²) in [5.74, 6) is -2.30. The van der Waals surface area contributed by atoms with Crippen molar-refractivity contribution in [1.82, 2.24) is 5.43 Å². The number of hydrogen-bond acceptors (Lipinski definition) is 4. The van der Waals surface area contributed by atoms with Crippen LogP contribution in [-0.2, 0) is 9.59 Å². The van der Waals surface area contributed by atoms with Crippen LogP contribution in [0.15, 0.2) is 5.10 Å². The average molecular weight is 172 g/mol. The predicted molar refractivity (Wildman–Crippen MR) is 38.9 cm³/mol. The van der Waals surface area contributed by atoms with Crippen molar-refractivity contribution in [3.8, 4) is 0 Å². The van der Waals surface area contributed by atoms with Gasteiger partial charge in [-0.15, -0.1) is 0 Å². The van der Waals surface area contributed by atoms with E-state index in [0.717, 1.165) is 0 Å². The Morgan fingerprint density at radius 3 is 2.42 bits per heavy atom. The number of rotatable bonds is 2. The lowest BCUT2D eigenvalue weighted by atomic mass is 9.98. The van der Waals surface area contributed by atoms with Crippen molar-refractivity contribution in [3.05, 3.63) is 0 Å². The summed E-state index contributed by atoms with van der Waals surface area (Å²) in [5.41, 5.74) is 0.848. The first-order valence-corrected chi connectivity index (χ1v) is 3.26. The van der Waals surface area contributed by atoms with E-state index in [0.29, 0.717) is 0 Å². The van der Waals surface area contributed by atoms with Gasteiger partial charge in [0, 0.05) is 6.42 Å². The van der Waals surface area contributed by atoms with E-state index in [1.165, 1.54) is 6.92 Å². The van der Waals surface area contributed by atoms with Gasteiger partial charge in [-0.05, 0) is 6.92 Å². The Bertz CT molecular complexity index is 273. The standard InChI is InChI=1S/C6H8N2O4/c1-6(5(11)12)2-3(4(9)10)7-8-6/h8H,2H2,1H3,(H,9,10)(H,11,12). The lowest BCUT2D eigenvalue weighted by molar-refractivity contribution is -0.143. The third kappa shape index (κ3) is 1.23. The van der Waals surface area contributed by atoms with Crippen molar-refractivity contribution < 1.29 is 19.8 Å². The normalized spacial score (nSPS) is 27.6. The maximum atomic E-state index is 10.6. The summed E-state index contributed by atoms with van der Waals surface area (Å²) in [6.07, 6.45) is -0.0995. The monoisotopic (exact) mass is 172 g/mol. The topological polar surface area (TPSA) is 99.0 Å². The van der Waals surface area contributed by atoms with Gasteiger partial charge in [0.25, 0.3) is 0 Å². The zero-order valence-corrected chi connectivity index (χ0v) is 6.37. The zero-order valence-electron chi connectivity index (χ0n) is 6.37. The Kier molecular flexibility index (Phi) is 1.75. The van der Waals surface area contributed by atoms with Crippen LogP contribution in [-0.4, -0.2) is 33.4 Å². The van der Waals surface area contributed by atoms with E-state index < -0.39 is 17.5 Å². The molecule has 0 aliphatic carbocycles. The maximum Gasteiger partial charge on any atom is 0.352 e. The Hall–Kier alpha value is -1.59. The summed E-state index contributed by atoms with van der Waals surface area (Å²) < 4.78 is 0. The van der Waals surface area contributed by atoms with Crippen LogP contribution < -0.4 is 5.43 Å². The molecular weight excluding hydrogens is 164 g/mol. The van der Waals surface area contributed by atoms with Crippen molar-refractivity contribution in [2.45, 2.75) is 18.9 Å². The second kappa shape index (κ2) is 2.47. The number of hydrazone groups is 1. The molecule has 3 N–H and O–H groups in total. The van der Waals surface area contributed by atoms with E-state index in [2.05, 4.69) is 10.5 Å². The zero-order chi connectivity index (χ0) is 9.35. The highest BCUT2D eigenvalue weighted by molar-refractivity contribution is 6.36. The van der Waals surface area contributed by atoms with Gasteiger partial charge in [0.1, 0.15) is 5.71 Å². The number of nitrogens with one attached hydrogen (secondary N) is 1. The molecule has 0 saturated carbocycles. The van der Waals surface area contributed by atoms with E-state index in [1.807, 2.05) is 0 Å². The second-order valence-electron chi connectivity index (χ2n) is 2.79. The fourth-order valence-corrected chi connectivity index (χ4v) is 0.852. The van der Waals surface area contributed by atoms with Crippen LogP contribution in [0.5, 0.6) is 0 Å². The molecule has 12 heavy (non-hydrogen) atoms. The van der Waals surface area contributed by atoms with Gasteiger partial charge in [-0.2, -0.15) is 5.10 Å². The van der Waals surface area contributed by atoms with Crippen molar-refractivity contribution in [2.75, 3.05) is 0 Å². The van der Waals surface area contributed by atoms with Crippen molar-refractivity contribution in [1.29, 1.82) is 0 Å². The first-order valence-electron chi connectivity index (χ1n) is 3.26. The summed E-state index contributed by atoms with van der Waals surface area (Å²) >= 11 is 0. The third-order valence-electron chi connectivity index (χ3n) is 1.68. The fourth-order valence-electron chi connectivity index (χ4n) is 0.852. The van der Waals surface area contributed by atoms with Crippen molar-refractivity contribution in [2.24, 2.45) is 5.10 Å². The van der Waals surface area contributed by atoms with Crippen LogP contribution in [0.25, 0.3) is 0 Å². The number of carboxylic acid groups (broad SMARTS) is 2. The van der Waals surface area contributed by atoms with Gasteiger partial charge in [-0.3, -0.25) is 5.43 Å². The molecular formula is C6H8N2O4. The first-order chi connectivity index (χ1) is 5.46. The van der Waals surface area contributed by atoms with E-state index in [9.17, 15) is 9.59 Å². The highest BCUT2D eigenvalue weighted by Crippen LogP contribution is 2.16.